The van der Waals surface area contributed by atoms with E-state index in [1.54, 1.807) is 7.11 Å². The van der Waals surface area contributed by atoms with E-state index in [1.807, 2.05) is 0 Å². The molecule has 0 bridgehead atoms. The summed E-state index contributed by atoms with van der Waals surface area (Å²) in [5.41, 5.74) is 0.339. The highest BCUT2D eigenvalue weighted by Gasteiger charge is 2.26. The first-order valence-electron chi connectivity index (χ1n) is 3.21. The number of hydrogen-bond donors (Lipinski definition) is 0. The van der Waals surface area contributed by atoms with Crippen LogP contribution in [0.2, 0.25) is 0 Å². The number of methoxy groups -OCH3 is 1. The molecule has 0 unspecified atom stereocenters. The summed E-state index contributed by atoms with van der Waals surface area (Å²) < 4.78 is 5.00. The Labute approximate surface area is 55.9 Å². The van der Waals surface area contributed by atoms with E-state index in [0.717, 1.165) is 18.9 Å². The maximum absolute atomic E-state index is 5.00. The summed E-state index contributed by atoms with van der Waals surface area (Å²) in [4.78, 5) is 4.20. The predicted octanol–water partition coefficient (Wildman–Crippen LogP) is 1.46. The fourth-order valence-electron chi connectivity index (χ4n) is 0.960. The second kappa shape index (κ2) is 2.01. The van der Waals surface area contributed by atoms with E-state index in [4.69, 9.17) is 4.74 Å². The first-order valence-corrected chi connectivity index (χ1v) is 3.21. The monoisotopic (exact) mass is 127 g/mol. The first kappa shape index (κ1) is 6.59. The molecule has 2 heteroatoms. The zero-order valence-electron chi connectivity index (χ0n) is 6.27. The third kappa shape index (κ3) is 1.44. The summed E-state index contributed by atoms with van der Waals surface area (Å²) in [6, 6.07) is 0. The fourth-order valence-corrected chi connectivity index (χ4v) is 0.960. The van der Waals surface area contributed by atoms with Crippen molar-refractivity contribution < 1.29 is 4.74 Å². The molecular weight excluding hydrogens is 114 g/mol. The second-order valence-corrected chi connectivity index (χ2v) is 3.26. The van der Waals surface area contributed by atoms with Gasteiger partial charge in [-0.3, -0.25) is 4.99 Å². The minimum atomic E-state index is 0.339. The van der Waals surface area contributed by atoms with Crippen molar-refractivity contribution in [2.45, 2.75) is 20.3 Å². The van der Waals surface area contributed by atoms with E-state index in [-0.39, 0.29) is 0 Å². The molecule has 2 nitrogen and oxygen atoms in total. The number of hydrogen-bond acceptors (Lipinski definition) is 2. The molecule has 0 saturated carbocycles. The van der Waals surface area contributed by atoms with Gasteiger partial charge in [-0.1, -0.05) is 13.8 Å². The molecule has 0 aliphatic carbocycles. The van der Waals surface area contributed by atoms with Gasteiger partial charge in [-0.05, 0) is 5.41 Å². The summed E-state index contributed by atoms with van der Waals surface area (Å²) in [7, 11) is 1.68. The van der Waals surface area contributed by atoms with E-state index >= 15 is 0 Å². The minimum Gasteiger partial charge on any atom is -0.484 e. The van der Waals surface area contributed by atoms with Gasteiger partial charge in [0.15, 0.2) is 5.90 Å². The van der Waals surface area contributed by atoms with Crippen LogP contribution in [0.25, 0.3) is 0 Å². The molecule has 0 spiro atoms. The lowest BCUT2D eigenvalue weighted by Crippen LogP contribution is -2.12. The van der Waals surface area contributed by atoms with Crippen molar-refractivity contribution in [1.82, 2.24) is 0 Å². The third-order valence-electron chi connectivity index (χ3n) is 1.55. The Morgan fingerprint density at radius 3 is 2.44 bits per heavy atom. The molecule has 1 aliphatic heterocycles. The van der Waals surface area contributed by atoms with Crippen molar-refractivity contribution in [2.75, 3.05) is 13.7 Å². The minimum absolute atomic E-state index is 0.339. The molecule has 9 heavy (non-hydrogen) atoms. The van der Waals surface area contributed by atoms with Crippen LogP contribution in [0, 0.1) is 5.41 Å². The van der Waals surface area contributed by atoms with Crippen LogP contribution in [0.15, 0.2) is 4.99 Å². The van der Waals surface area contributed by atoms with Crippen molar-refractivity contribution in [2.24, 2.45) is 10.4 Å². The van der Waals surface area contributed by atoms with Crippen LogP contribution in [0.3, 0.4) is 0 Å². The van der Waals surface area contributed by atoms with Crippen molar-refractivity contribution >= 4 is 5.90 Å². The Bertz CT molecular complexity index is 138. The van der Waals surface area contributed by atoms with Gasteiger partial charge in [0.25, 0.3) is 0 Å². The topological polar surface area (TPSA) is 21.6 Å². The number of aliphatic imine (C=N–C) groups is 1. The van der Waals surface area contributed by atoms with Gasteiger partial charge in [0.1, 0.15) is 0 Å². The fraction of sp³-hybridized carbons (Fsp3) is 0.857. The van der Waals surface area contributed by atoms with Gasteiger partial charge in [0.2, 0.25) is 0 Å². The van der Waals surface area contributed by atoms with Crippen molar-refractivity contribution in [3.8, 4) is 0 Å². The Hall–Kier alpha value is -0.530. The third-order valence-corrected chi connectivity index (χ3v) is 1.55. The van der Waals surface area contributed by atoms with E-state index < -0.39 is 0 Å². The number of nitrogens with zero attached hydrogens (tertiary/aromatic N) is 1. The van der Waals surface area contributed by atoms with E-state index in [0.29, 0.717) is 5.41 Å². The van der Waals surface area contributed by atoms with Gasteiger partial charge >= 0.3 is 0 Å². The summed E-state index contributed by atoms with van der Waals surface area (Å²) in [6.45, 7) is 5.31. The molecule has 0 aromatic heterocycles. The Morgan fingerprint density at radius 2 is 2.22 bits per heavy atom. The molecule has 0 N–H and O–H groups in total. The van der Waals surface area contributed by atoms with Gasteiger partial charge in [-0.15, -0.1) is 0 Å². The largest absolute Gasteiger partial charge is 0.484 e. The van der Waals surface area contributed by atoms with Gasteiger partial charge < -0.3 is 4.74 Å². The summed E-state index contributed by atoms with van der Waals surface area (Å²) in [5, 5.41) is 0. The average molecular weight is 127 g/mol. The van der Waals surface area contributed by atoms with Crippen molar-refractivity contribution in [3.05, 3.63) is 0 Å². The maximum Gasteiger partial charge on any atom is 0.183 e. The first-order chi connectivity index (χ1) is 4.14. The molecule has 0 aromatic carbocycles. The van der Waals surface area contributed by atoms with Gasteiger partial charge in [0, 0.05) is 13.0 Å². The van der Waals surface area contributed by atoms with E-state index in [1.165, 1.54) is 0 Å². The molecule has 0 amide bonds. The standard InChI is InChI=1S/C7H13NO/c1-7(2)4-6(9-3)8-5-7/h4-5H2,1-3H3. The summed E-state index contributed by atoms with van der Waals surface area (Å²) in [6.07, 6.45) is 0.990. The lowest BCUT2D eigenvalue weighted by atomic mass is 9.92. The lowest BCUT2D eigenvalue weighted by Gasteiger charge is -2.13. The number of rotatable bonds is 0. The summed E-state index contributed by atoms with van der Waals surface area (Å²) >= 11 is 0. The van der Waals surface area contributed by atoms with Gasteiger partial charge in [-0.25, -0.2) is 0 Å². The van der Waals surface area contributed by atoms with Gasteiger partial charge in [-0.2, -0.15) is 0 Å². The highest BCUT2D eigenvalue weighted by atomic mass is 16.5. The maximum atomic E-state index is 5.00. The quantitative estimate of drug-likeness (QED) is 0.482. The number of ether oxygens (including phenoxy) is 1. The Morgan fingerprint density at radius 1 is 1.56 bits per heavy atom. The molecule has 0 atom stereocenters. The molecular formula is C7H13NO. The smallest absolute Gasteiger partial charge is 0.183 e. The Balaban J connectivity index is 2.50. The highest BCUT2D eigenvalue weighted by Crippen LogP contribution is 2.26. The highest BCUT2D eigenvalue weighted by molar-refractivity contribution is 5.78. The van der Waals surface area contributed by atoms with E-state index in [9.17, 15) is 0 Å². The molecule has 52 valence electrons. The zero-order chi connectivity index (χ0) is 6.91. The molecule has 0 fully saturated rings. The van der Waals surface area contributed by atoms with Crippen LogP contribution >= 0.6 is 0 Å². The Kier molecular flexibility index (Phi) is 1.47. The van der Waals surface area contributed by atoms with Crippen LogP contribution in [0.1, 0.15) is 20.3 Å². The van der Waals surface area contributed by atoms with Crippen LogP contribution < -0.4 is 0 Å². The van der Waals surface area contributed by atoms with E-state index in [2.05, 4.69) is 18.8 Å². The molecule has 0 radical (unpaired) electrons. The van der Waals surface area contributed by atoms with Crippen LogP contribution in [0.4, 0.5) is 0 Å². The zero-order valence-corrected chi connectivity index (χ0v) is 6.27. The molecule has 0 aromatic rings. The SMILES string of the molecule is COC1=NCC(C)(C)C1. The van der Waals surface area contributed by atoms with Gasteiger partial charge in [0.05, 0.1) is 7.11 Å². The van der Waals surface area contributed by atoms with Crippen LogP contribution in [-0.4, -0.2) is 19.6 Å². The molecule has 0 saturated heterocycles. The normalized spacial score (nSPS) is 23.7. The second-order valence-electron chi connectivity index (χ2n) is 3.26. The van der Waals surface area contributed by atoms with Crippen LogP contribution in [-0.2, 0) is 4.74 Å². The molecule has 1 heterocycles. The molecule has 1 aliphatic rings. The van der Waals surface area contributed by atoms with Crippen LogP contribution in [0.5, 0.6) is 0 Å². The molecule has 1 rings (SSSR count). The van der Waals surface area contributed by atoms with Crippen molar-refractivity contribution in [3.63, 3.8) is 0 Å². The summed E-state index contributed by atoms with van der Waals surface area (Å²) in [5.74, 6) is 0.903. The van der Waals surface area contributed by atoms with Crippen molar-refractivity contribution in [1.29, 1.82) is 0 Å². The predicted molar refractivity (Wildman–Crippen MR) is 37.7 cm³/mol. The lowest BCUT2D eigenvalue weighted by molar-refractivity contribution is 0.364. The average Bonchev–Trinajstić information content (AvgIpc) is 2.10.